The molecule has 1 aliphatic rings. The number of hydrogen-bond acceptors (Lipinski definition) is 4. The maximum absolute atomic E-state index is 12.0. The number of nitrogens with zero attached hydrogens (tertiary/aromatic N) is 2. The summed E-state index contributed by atoms with van der Waals surface area (Å²) in [6, 6.07) is 0. The number of ether oxygens (including phenoxy) is 1. The fraction of sp³-hybridized carbons (Fsp3) is 0.857. The highest BCUT2D eigenvalue weighted by Crippen LogP contribution is 2.06. The van der Waals surface area contributed by atoms with E-state index in [9.17, 15) is 9.18 Å². The van der Waals surface area contributed by atoms with Crippen molar-refractivity contribution in [2.75, 3.05) is 53.1 Å². The molecule has 5 heteroatoms. The molecule has 1 radical (unpaired) electrons. The Hall–Kier alpha value is -0.680. The first-order chi connectivity index (χ1) is 9.26. The van der Waals surface area contributed by atoms with E-state index in [0.29, 0.717) is 12.8 Å². The third-order valence-electron chi connectivity index (χ3n) is 3.49. The molecule has 1 saturated heterocycles. The van der Waals surface area contributed by atoms with E-state index in [1.54, 1.807) is 0 Å². The molecule has 0 aromatic heterocycles. The summed E-state index contributed by atoms with van der Waals surface area (Å²) >= 11 is 0. The summed E-state index contributed by atoms with van der Waals surface area (Å²) in [7, 11) is 1.42. The topological polar surface area (TPSA) is 32.8 Å². The van der Waals surface area contributed by atoms with Crippen molar-refractivity contribution in [2.24, 2.45) is 0 Å². The molecule has 1 fully saturated rings. The summed E-state index contributed by atoms with van der Waals surface area (Å²) in [5, 5.41) is 0. The van der Waals surface area contributed by atoms with Crippen LogP contribution in [-0.4, -0.2) is 68.8 Å². The van der Waals surface area contributed by atoms with Crippen molar-refractivity contribution >= 4 is 5.97 Å². The van der Waals surface area contributed by atoms with Crippen molar-refractivity contribution in [1.29, 1.82) is 0 Å². The predicted molar refractivity (Wildman–Crippen MR) is 73.6 cm³/mol. The van der Waals surface area contributed by atoms with E-state index >= 15 is 0 Å². The van der Waals surface area contributed by atoms with Gasteiger partial charge in [-0.2, -0.15) is 0 Å². The number of unbranched alkanes of at least 4 members (excludes halogenated alkanes) is 2. The van der Waals surface area contributed by atoms with Gasteiger partial charge in [0, 0.05) is 39.1 Å². The van der Waals surface area contributed by atoms with E-state index in [-0.39, 0.29) is 12.6 Å². The average Bonchev–Trinajstić information content (AvgIpc) is 2.45. The Labute approximate surface area is 115 Å². The lowest BCUT2D eigenvalue weighted by Gasteiger charge is -2.34. The van der Waals surface area contributed by atoms with E-state index < -0.39 is 0 Å². The molecule has 0 bridgehead atoms. The average molecular weight is 273 g/mol. The normalized spacial score (nSPS) is 17.6. The van der Waals surface area contributed by atoms with Crippen molar-refractivity contribution in [3.8, 4) is 0 Å². The second-order valence-electron chi connectivity index (χ2n) is 4.94. The van der Waals surface area contributed by atoms with Crippen LogP contribution >= 0.6 is 0 Å². The first-order valence-corrected chi connectivity index (χ1v) is 7.15. The van der Waals surface area contributed by atoms with Gasteiger partial charge in [-0.15, -0.1) is 0 Å². The molecule has 111 valence electrons. The third kappa shape index (κ3) is 7.47. The van der Waals surface area contributed by atoms with Crippen molar-refractivity contribution in [2.45, 2.75) is 25.7 Å². The van der Waals surface area contributed by atoms with E-state index in [4.69, 9.17) is 0 Å². The molecule has 1 rings (SSSR count). The fourth-order valence-corrected chi connectivity index (χ4v) is 2.22. The van der Waals surface area contributed by atoms with Gasteiger partial charge in [0.15, 0.2) is 0 Å². The van der Waals surface area contributed by atoms with Crippen LogP contribution in [0, 0.1) is 6.42 Å². The van der Waals surface area contributed by atoms with Gasteiger partial charge in [0.1, 0.15) is 0 Å². The molecule has 4 nitrogen and oxygen atoms in total. The number of esters is 1. The first kappa shape index (κ1) is 16.4. The summed E-state index contributed by atoms with van der Waals surface area (Å²) in [5.41, 5.74) is 0. The lowest BCUT2D eigenvalue weighted by molar-refractivity contribution is -0.140. The molecule has 0 aromatic rings. The molecule has 0 aliphatic carbocycles. The van der Waals surface area contributed by atoms with Gasteiger partial charge < -0.3 is 14.5 Å². The van der Waals surface area contributed by atoms with Gasteiger partial charge in [-0.05, 0) is 32.2 Å². The third-order valence-corrected chi connectivity index (χ3v) is 3.49. The number of hydrogen-bond donors (Lipinski definition) is 0. The number of halogens is 1. The number of alkyl halides is 1. The molecule has 19 heavy (non-hydrogen) atoms. The van der Waals surface area contributed by atoms with Crippen LogP contribution in [0.15, 0.2) is 0 Å². The highest BCUT2D eigenvalue weighted by molar-refractivity contribution is 5.69. The van der Waals surface area contributed by atoms with E-state index in [2.05, 4.69) is 21.0 Å². The van der Waals surface area contributed by atoms with E-state index in [0.717, 1.165) is 52.1 Å². The highest BCUT2D eigenvalue weighted by Gasteiger charge is 2.15. The highest BCUT2D eigenvalue weighted by atomic mass is 19.1. The van der Waals surface area contributed by atoms with Crippen LogP contribution in [0.2, 0.25) is 0 Å². The van der Waals surface area contributed by atoms with Crippen LogP contribution in [0.1, 0.15) is 25.7 Å². The Morgan fingerprint density at radius 3 is 2.53 bits per heavy atom. The van der Waals surface area contributed by atoms with Gasteiger partial charge >= 0.3 is 5.97 Å². The molecule has 0 atom stereocenters. The van der Waals surface area contributed by atoms with Gasteiger partial charge in [-0.25, -0.2) is 0 Å². The summed E-state index contributed by atoms with van der Waals surface area (Å²) in [5.74, 6) is -0.145. The van der Waals surface area contributed by atoms with E-state index in [1.165, 1.54) is 7.11 Å². The van der Waals surface area contributed by atoms with Crippen LogP contribution in [0.5, 0.6) is 0 Å². The van der Waals surface area contributed by atoms with Gasteiger partial charge in [0.2, 0.25) is 0 Å². The fourth-order valence-electron chi connectivity index (χ4n) is 2.22. The summed E-state index contributed by atoms with van der Waals surface area (Å²) < 4.78 is 16.6. The zero-order valence-electron chi connectivity index (χ0n) is 11.9. The lowest BCUT2D eigenvalue weighted by atomic mass is 10.2. The maximum Gasteiger partial charge on any atom is 0.305 e. The second kappa shape index (κ2) is 10.1. The standard InChI is InChI=1S/C14H26FN2O2/c1-19-14(18)6-2-4-8-16-10-12-17(13-11-16)9-5-3-7-15/h4H,2-3,5-13H2,1H3. The molecule has 0 unspecified atom stereocenters. The van der Waals surface area contributed by atoms with Crippen molar-refractivity contribution in [1.82, 2.24) is 9.80 Å². The Morgan fingerprint density at radius 1 is 1.21 bits per heavy atom. The number of carbonyl (C=O) groups is 1. The minimum atomic E-state index is -0.199. The number of rotatable bonds is 9. The Morgan fingerprint density at radius 2 is 1.89 bits per heavy atom. The second-order valence-corrected chi connectivity index (χ2v) is 4.94. The maximum atomic E-state index is 12.0. The number of methoxy groups -OCH3 is 1. The van der Waals surface area contributed by atoms with Crippen LogP contribution in [0.25, 0.3) is 0 Å². The monoisotopic (exact) mass is 273 g/mol. The van der Waals surface area contributed by atoms with Gasteiger partial charge in [-0.3, -0.25) is 9.18 Å². The molecule has 0 saturated carbocycles. The van der Waals surface area contributed by atoms with Crippen LogP contribution in [0.4, 0.5) is 4.39 Å². The Balaban J connectivity index is 1.99. The minimum absolute atomic E-state index is 0.145. The molecular formula is C14H26FN2O2. The summed E-state index contributed by atoms with van der Waals surface area (Å²) in [6.07, 6.45) is 5.04. The Bertz CT molecular complexity index is 244. The molecule has 1 aliphatic heterocycles. The van der Waals surface area contributed by atoms with Crippen LogP contribution in [0.3, 0.4) is 0 Å². The van der Waals surface area contributed by atoms with Crippen LogP contribution in [-0.2, 0) is 9.53 Å². The molecule has 0 spiro atoms. The predicted octanol–water partition coefficient (Wildman–Crippen LogP) is 1.51. The van der Waals surface area contributed by atoms with Crippen molar-refractivity contribution in [3.63, 3.8) is 0 Å². The molecule has 0 aromatic carbocycles. The van der Waals surface area contributed by atoms with Gasteiger partial charge in [-0.1, -0.05) is 0 Å². The van der Waals surface area contributed by atoms with E-state index in [1.807, 2.05) is 0 Å². The molecule has 0 amide bonds. The smallest absolute Gasteiger partial charge is 0.305 e. The molecule has 0 N–H and O–H groups in total. The molecular weight excluding hydrogens is 247 g/mol. The molecule has 1 heterocycles. The zero-order valence-corrected chi connectivity index (χ0v) is 11.9. The summed E-state index contributed by atoms with van der Waals surface area (Å²) in [4.78, 5) is 15.7. The van der Waals surface area contributed by atoms with Crippen molar-refractivity contribution in [3.05, 3.63) is 6.42 Å². The zero-order chi connectivity index (χ0) is 13.9. The largest absolute Gasteiger partial charge is 0.469 e. The summed E-state index contributed by atoms with van der Waals surface area (Å²) in [6.45, 7) is 6.01. The van der Waals surface area contributed by atoms with Gasteiger partial charge in [0.25, 0.3) is 0 Å². The number of carbonyl (C=O) groups excluding carboxylic acids is 1. The SMILES string of the molecule is COC(=O)CC[CH]CN1CCN(CCCCF)CC1. The quantitative estimate of drug-likeness (QED) is 0.471. The van der Waals surface area contributed by atoms with Gasteiger partial charge in [0.05, 0.1) is 13.8 Å². The number of piperazine rings is 1. The first-order valence-electron chi connectivity index (χ1n) is 7.15. The minimum Gasteiger partial charge on any atom is -0.469 e. The lowest BCUT2D eigenvalue weighted by Crippen LogP contribution is -2.46. The Kier molecular flexibility index (Phi) is 8.75. The van der Waals surface area contributed by atoms with Crippen molar-refractivity contribution < 1.29 is 13.9 Å². The van der Waals surface area contributed by atoms with Crippen LogP contribution < -0.4 is 0 Å².